The maximum absolute atomic E-state index is 13.7. The van der Waals surface area contributed by atoms with Crippen LogP contribution in [0.3, 0.4) is 0 Å². The van der Waals surface area contributed by atoms with Crippen molar-refractivity contribution in [3.63, 3.8) is 0 Å². The molecule has 1 aromatic heterocycles. The molecule has 1 saturated heterocycles. The number of benzene rings is 1. The first-order valence-electron chi connectivity index (χ1n) is 6.18. The molecule has 22 heavy (non-hydrogen) atoms. The number of thioether (sulfide) groups is 1. The largest absolute Gasteiger partial charge is 0.465 e. The lowest BCUT2D eigenvalue weighted by molar-refractivity contribution is -0.120. The molecule has 1 aliphatic rings. The minimum atomic E-state index is -0.775. The maximum Gasteiger partial charge on any atom is 0.273 e. The Morgan fingerprint density at radius 1 is 1.27 bits per heavy atom. The van der Waals surface area contributed by atoms with Gasteiger partial charge in [0.25, 0.3) is 11.8 Å². The lowest BCUT2D eigenvalue weighted by atomic mass is 10.2. The molecule has 0 N–H and O–H groups in total. The van der Waals surface area contributed by atoms with Crippen LogP contribution in [0, 0.1) is 5.82 Å². The van der Waals surface area contributed by atoms with Gasteiger partial charge in [0.05, 0.1) is 16.7 Å². The number of amides is 2. The van der Waals surface area contributed by atoms with Crippen molar-refractivity contribution in [3.8, 4) is 0 Å². The molecule has 1 aromatic carbocycles. The zero-order valence-corrected chi connectivity index (χ0v) is 12.6. The molecule has 0 unspecified atom stereocenters. The molecular weight excluding hydrogens is 325 g/mol. The summed E-state index contributed by atoms with van der Waals surface area (Å²) < 4.78 is 18.9. The third-order valence-electron chi connectivity index (χ3n) is 2.92. The summed E-state index contributed by atoms with van der Waals surface area (Å²) in [5, 5.41) is 0. The van der Waals surface area contributed by atoms with Gasteiger partial charge in [-0.2, -0.15) is 0 Å². The number of carbonyl (C=O) groups excluding carboxylic acids is 2. The molecule has 0 bridgehead atoms. The zero-order valence-electron chi connectivity index (χ0n) is 11.0. The number of hydrogen-bond acceptors (Lipinski definition) is 5. The van der Waals surface area contributed by atoms with Crippen LogP contribution in [0.2, 0.25) is 0 Å². The van der Waals surface area contributed by atoms with E-state index in [1.54, 1.807) is 12.1 Å². The van der Waals surface area contributed by atoms with Crippen molar-refractivity contribution in [3.05, 3.63) is 64.7 Å². The van der Waals surface area contributed by atoms with Crippen LogP contribution < -0.4 is 0 Å². The summed E-state index contributed by atoms with van der Waals surface area (Å²) in [5.41, 5.74) is -0.196. The molecule has 0 radical (unpaired) electrons. The lowest BCUT2D eigenvalue weighted by Gasteiger charge is -2.12. The van der Waals surface area contributed by atoms with E-state index >= 15 is 0 Å². The fourth-order valence-corrected chi connectivity index (χ4v) is 3.13. The van der Waals surface area contributed by atoms with Gasteiger partial charge in [-0.25, -0.2) is 9.29 Å². The first-order valence-corrected chi connectivity index (χ1v) is 7.41. The van der Waals surface area contributed by atoms with Crippen molar-refractivity contribution >= 4 is 46.2 Å². The molecule has 110 valence electrons. The number of hydrogen-bond donors (Lipinski definition) is 0. The predicted molar refractivity (Wildman–Crippen MR) is 84.5 cm³/mol. The highest BCUT2D eigenvalue weighted by molar-refractivity contribution is 8.26. The van der Waals surface area contributed by atoms with Gasteiger partial charge in [0.2, 0.25) is 0 Å². The number of halogens is 1. The van der Waals surface area contributed by atoms with Crippen LogP contribution in [0.4, 0.5) is 4.39 Å². The van der Waals surface area contributed by atoms with Crippen molar-refractivity contribution in [1.82, 2.24) is 4.90 Å². The molecule has 2 heterocycles. The molecule has 0 atom stereocenters. The number of rotatable bonds is 2. The molecule has 0 aliphatic carbocycles. The third kappa shape index (κ3) is 2.60. The second-order valence-electron chi connectivity index (χ2n) is 4.32. The normalized spacial score (nSPS) is 16.6. The van der Waals surface area contributed by atoms with E-state index in [0.29, 0.717) is 5.76 Å². The average Bonchev–Trinajstić information content (AvgIpc) is 3.08. The summed E-state index contributed by atoms with van der Waals surface area (Å²) in [4.78, 5) is 25.7. The van der Waals surface area contributed by atoms with E-state index in [2.05, 4.69) is 0 Å². The van der Waals surface area contributed by atoms with E-state index < -0.39 is 17.6 Å². The molecule has 0 saturated carbocycles. The Balaban J connectivity index is 1.92. The summed E-state index contributed by atoms with van der Waals surface area (Å²) in [6.45, 7) is 0. The van der Waals surface area contributed by atoms with Crippen LogP contribution in [0.1, 0.15) is 16.1 Å². The van der Waals surface area contributed by atoms with Gasteiger partial charge in [-0.1, -0.05) is 36.1 Å². The SMILES string of the molecule is O=C1C(=Cc2ccco2)SC(=S)N1C(=O)c1ccccc1F. The lowest BCUT2D eigenvalue weighted by Crippen LogP contribution is -2.35. The van der Waals surface area contributed by atoms with Crippen LogP contribution in [0.5, 0.6) is 0 Å². The fraction of sp³-hybridized carbons (Fsp3) is 0. The highest BCUT2D eigenvalue weighted by Gasteiger charge is 2.38. The minimum Gasteiger partial charge on any atom is -0.465 e. The van der Waals surface area contributed by atoms with Gasteiger partial charge in [-0.3, -0.25) is 9.59 Å². The monoisotopic (exact) mass is 333 g/mol. The van der Waals surface area contributed by atoms with Gasteiger partial charge in [-0.15, -0.1) is 0 Å². The van der Waals surface area contributed by atoms with E-state index in [9.17, 15) is 14.0 Å². The summed E-state index contributed by atoms with van der Waals surface area (Å²) in [6, 6.07) is 8.80. The molecular formula is C15H8FNO3S2. The van der Waals surface area contributed by atoms with Crippen LogP contribution in [0.15, 0.2) is 52.0 Å². The second-order valence-corrected chi connectivity index (χ2v) is 5.99. The molecule has 7 heteroatoms. The zero-order chi connectivity index (χ0) is 15.7. The third-order valence-corrected chi connectivity index (χ3v) is 4.22. The van der Waals surface area contributed by atoms with Crippen molar-refractivity contribution in [2.24, 2.45) is 0 Å². The van der Waals surface area contributed by atoms with E-state index in [-0.39, 0.29) is 14.8 Å². The number of thiocarbonyl (C=S) groups is 1. The first kappa shape index (κ1) is 14.7. The summed E-state index contributed by atoms with van der Waals surface area (Å²) >= 11 is 6.04. The highest BCUT2D eigenvalue weighted by atomic mass is 32.2. The second kappa shape index (κ2) is 5.86. The average molecular weight is 333 g/mol. The van der Waals surface area contributed by atoms with E-state index in [4.69, 9.17) is 16.6 Å². The number of furan rings is 1. The number of carbonyl (C=O) groups is 2. The van der Waals surface area contributed by atoms with Gasteiger partial charge in [0.1, 0.15) is 11.6 Å². The van der Waals surface area contributed by atoms with Gasteiger partial charge >= 0.3 is 0 Å². The summed E-state index contributed by atoms with van der Waals surface area (Å²) in [7, 11) is 0. The Hall–Kier alpha value is -2.25. The predicted octanol–water partition coefficient (Wildman–Crippen LogP) is 3.46. The van der Waals surface area contributed by atoms with Crippen molar-refractivity contribution in [2.75, 3.05) is 0 Å². The molecule has 3 rings (SSSR count). The smallest absolute Gasteiger partial charge is 0.273 e. The Labute approximate surface area is 134 Å². The van der Waals surface area contributed by atoms with E-state index in [1.165, 1.54) is 30.5 Å². The van der Waals surface area contributed by atoms with Gasteiger partial charge in [0, 0.05) is 6.08 Å². The van der Waals surface area contributed by atoms with Crippen LogP contribution in [-0.4, -0.2) is 21.0 Å². The quantitative estimate of drug-likeness (QED) is 0.478. The van der Waals surface area contributed by atoms with Gasteiger partial charge in [0.15, 0.2) is 4.32 Å². The summed E-state index contributed by atoms with van der Waals surface area (Å²) in [5.74, 6) is -1.58. The molecule has 1 aliphatic heterocycles. The maximum atomic E-state index is 13.7. The topological polar surface area (TPSA) is 50.5 Å². The van der Waals surface area contributed by atoms with Gasteiger partial charge < -0.3 is 4.42 Å². The van der Waals surface area contributed by atoms with E-state index in [1.807, 2.05) is 0 Å². The Bertz CT molecular complexity index is 799. The van der Waals surface area contributed by atoms with Crippen LogP contribution in [0.25, 0.3) is 6.08 Å². The molecule has 4 nitrogen and oxygen atoms in total. The van der Waals surface area contributed by atoms with Crippen molar-refractivity contribution in [1.29, 1.82) is 0 Å². The molecule has 2 amide bonds. The number of imide groups is 1. The standard InChI is InChI=1S/C15H8FNO3S2/c16-11-6-2-1-5-10(11)13(18)17-14(19)12(22-15(17)21)8-9-4-3-7-20-9/h1-8H. The Morgan fingerprint density at radius 3 is 2.73 bits per heavy atom. The molecule has 0 spiro atoms. The Morgan fingerprint density at radius 2 is 2.05 bits per heavy atom. The highest BCUT2D eigenvalue weighted by Crippen LogP contribution is 2.33. The van der Waals surface area contributed by atoms with Crippen LogP contribution >= 0.6 is 24.0 Å². The van der Waals surface area contributed by atoms with E-state index in [0.717, 1.165) is 22.7 Å². The summed E-state index contributed by atoms with van der Waals surface area (Å²) in [6.07, 6.45) is 2.96. The van der Waals surface area contributed by atoms with Gasteiger partial charge in [-0.05, 0) is 24.3 Å². The molecule has 2 aromatic rings. The van der Waals surface area contributed by atoms with Crippen molar-refractivity contribution < 1.29 is 18.4 Å². The van der Waals surface area contributed by atoms with Crippen molar-refractivity contribution in [2.45, 2.75) is 0 Å². The molecule has 1 fully saturated rings. The van der Waals surface area contributed by atoms with Crippen LogP contribution in [-0.2, 0) is 4.79 Å². The first-order chi connectivity index (χ1) is 10.6. The number of nitrogens with zero attached hydrogens (tertiary/aromatic N) is 1. The minimum absolute atomic E-state index is 0.0658. The Kier molecular flexibility index (Phi) is 3.91. The fourth-order valence-electron chi connectivity index (χ4n) is 1.90.